The fourth-order valence-corrected chi connectivity index (χ4v) is 1.88. The van der Waals surface area contributed by atoms with Crippen LogP contribution in [0.3, 0.4) is 0 Å². The highest BCUT2D eigenvalue weighted by Gasteiger charge is 2.19. The zero-order valence-corrected chi connectivity index (χ0v) is 15.3. The summed E-state index contributed by atoms with van der Waals surface area (Å²) in [5.74, 6) is -1.20. The number of rotatable bonds is 8. The molecule has 5 heteroatoms. The fraction of sp³-hybridized carbons (Fsp3) is 0.400. The first kappa shape index (κ1) is 22.4. The van der Waals surface area contributed by atoms with E-state index in [9.17, 15) is 15.0 Å². The molecule has 1 aromatic rings. The molecule has 3 N–H and O–H groups in total. The number of phenolic OH excluding ortho intramolecular Hbond substituents is 2. The van der Waals surface area contributed by atoms with Crippen LogP contribution >= 0.6 is 0 Å². The van der Waals surface area contributed by atoms with E-state index in [0.717, 1.165) is 12.5 Å². The largest absolute Gasteiger partial charge is 0.508 e. The van der Waals surface area contributed by atoms with Gasteiger partial charge in [0, 0.05) is 18.2 Å². The van der Waals surface area contributed by atoms with Crippen LogP contribution in [-0.4, -0.2) is 28.5 Å². The van der Waals surface area contributed by atoms with E-state index < -0.39 is 5.97 Å². The van der Waals surface area contributed by atoms with E-state index in [1.807, 2.05) is 13.0 Å². The van der Waals surface area contributed by atoms with Gasteiger partial charge in [0.25, 0.3) is 0 Å². The lowest BCUT2D eigenvalue weighted by atomic mass is 10.00. The van der Waals surface area contributed by atoms with E-state index in [1.165, 1.54) is 12.5 Å². The number of hydrogen-bond acceptors (Lipinski definition) is 5. The average Bonchev–Trinajstić information content (AvgIpc) is 2.53. The lowest BCUT2D eigenvalue weighted by molar-refractivity contribution is 0.0507. The summed E-state index contributed by atoms with van der Waals surface area (Å²) in [4.78, 5) is 12.1. The SMILES string of the molecule is C=CCCOC(=O)c1c(O)cc(O)cc1CC(=N)/C=C/CC.CCC. The third-order valence-electron chi connectivity index (χ3n) is 2.88. The second-order valence-corrected chi connectivity index (χ2v) is 5.43. The standard InChI is InChI=1S/C17H21NO4.C3H8/c1-3-5-7-13(18)9-12-10-14(19)11-15(20)16(12)17(21)22-8-6-4-2;1-3-2/h4-5,7,10-11,18-20H,2-3,6,8-9H2,1H3;3H2,1-2H3/b7-5+,18-13?;. The van der Waals surface area contributed by atoms with Crippen LogP contribution in [0.2, 0.25) is 0 Å². The predicted molar refractivity (Wildman–Crippen MR) is 102 cm³/mol. The van der Waals surface area contributed by atoms with Crippen molar-refractivity contribution in [3.63, 3.8) is 0 Å². The number of benzene rings is 1. The number of allylic oxidation sites excluding steroid dienone is 2. The molecule has 25 heavy (non-hydrogen) atoms. The Labute approximate surface area is 150 Å². The Morgan fingerprint density at radius 1 is 1.28 bits per heavy atom. The molecule has 0 atom stereocenters. The molecule has 0 aliphatic heterocycles. The second kappa shape index (κ2) is 12.8. The zero-order chi connectivity index (χ0) is 19.2. The number of carbonyl (C=O) groups is 1. The van der Waals surface area contributed by atoms with Gasteiger partial charge in [-0.2, -0.15) is 0 Å². The van der Waals surface area contributed by atoms with Gasteiger partial charge in [0.15, 0.2) is 0 Å². The van der Waals surface area contributed by atoms with Crippen LogP contribution in [0.5, 0.6) is 11.5 Å². The van der Waals surface area contributed by atoms with E-state index in [-0.39, 0.29) is 35.8 Å². The third kappa shape index (κ3) is 8.74. The van der Waals surface area contributed by atoms with Crippen LogP contribution in [0.25, 0.3) is 0 Å². The van der Waals surface area contributed by atoms with Crippen molar-refractivity contribution in [1.82, 2.24) is 0 Å². The van der Waals surface area contributed by atoms with Crippen molar-refractivity contribution in [2.75, 3.05) is 6.61 Å². The van der Waals surface area contributed by atoms with Crippen LogP contribution < -0.4 is 0 Å². The predicted octanol–water partition coefficient (Wildman–Crippen LogP) is 4.78. The molecule has 0 aromatic heterocycles. The monoisotopic (exact) mass is 347 g/mol. The highest BCUT2D eigenvalue weighted by molar-refractivity contribution is 5.99. The Bertz CT molecular complexity index is 606. The molecule has 0 radical (unpaired) electrons. The minimum atomic E-state index is -0.679. The van der Waals surface area contributed by atoms with Crippen LogP contribution in [0.15, 0.2) is 36.9 Å². The molecule has 1 rings (SSSR count). The van der Waals surface area contributed by atoms with Gasteiger partial charge in [0.05, 0.1) is 6.61 Å². The van der Waals surface area contributed by atoms with E-state index in [2.05, 4.69) is 20.4 Å². The minimum absolute atomic E-state index is 0.0171. The normalized spacial score (nSPS) is 10.0. The Morgan fingerprint density at radius 3 is 2.48 bits per heavy atom. The Balaban J connectivity index is 0.00000178. The summed E-state index contributed by atoms with van der Waals surface area (Å²) in [6, 6.07) is 2.44. The number of nitrogens with one attached hydrogen (secondary N) is 1. The molecular formula is C20H29NO4. The molecule has 0 spiro atoms. The molecule has 0 bridgehead atoms. The lowest BCUT2D eigenvalue weighted by Gasteiger charge is -2.11. The Kier molecular flexibility index (Phi) is 11.5. The van der Waals surface area contributed by atoms with Crippen LogP contribution in [0.4, 0.5) is 0 Å². The third-order valence-corrected chi connectivity index (χ3v) is 2.88. The van der Waals surface area contributed by atoms with Gasteiger partial charge in [-0.3, -0.25) is 0 Å². The molecule has 5 nitrogen and oxygen atoms in total. The summed E-state index contributed by atoms with van der Waals surface area (Å²) in [5.41, 5.74) is 0.607. The van der Waals surface area contributed by atoms with Crippen LogP contribution in [0, 0.1) is 5.41 Å². The molecule has 0 fully saturated rings. The summed E-state index contributed by atoms with van der Waals surface area (Å²) in [6.45, 7) is 9.90. The summed E-state index contributed by atoms with van der Waals surface area (Å²) in [7, 11) is 0. The zero-order valence-electron chi connectivity index (χ0n) is 15.3. The van der Waals surface area contributed by atoms with Gasteiger partial charge >= 0.3 is 5.97 Å². The summed E-state index contributed by atoms with van der Waals surface area (Å²) in [5, 5.41) is 27.4. The van der Waals surface area contributed by atoms with Crippen molar-refractivity contribution in [3.8, 4) is 11.5 Å². The quantitative estimate of drug-likeness (QED) is 0.273. The molecule has 0 saturated heterocycles. The van der Waals surface area contributed by atoms with Crippen molar-refractivity contribution in [1.29, 1.82) is 5.41 Å². The maximum atomic E-state index is 12.1. The van der Waals surface area contributed by atoms with Gasteiger partial charge in [0.1, 0.15) is 17.1 Å². The van der Waals surface area contributed by atoms with Crippen molar-refractivity contribution in [2.45, 2.75) is 46.5 Å². The summed E-state index contributed by atoms with van der Waals surface area (Å²) < 4.78 is 5.05. The number of hydrogen-bond donors (Lipinski definition) is 3. The van der Waals surface area contributed by atoms with Crippen LogP contribution in [0.1, 0.15) is 56.0 Å². The number of ether oxygens (including phenoxy) is 1. The topological polar surface area (TPSA) is 90.6 Å². The summed E-state index contributed by atoms with van der Waals surface area (Å²) in [6.07, 6.45) is 7.75. The molecule has 0 unspecified atom stereocenters. The van der Waals surface area contributed by atoms with Crippen molar-refractivity contribution >= 4 is 11.7 Å². The maximum Gasteiger partial charge on any atom is 0.342 e. The molecule has 0 heterocycles. The molecular weight excluding hydrogens is 318 g/mol. The van der Waals surface area contributed by atoms with Gasteiger partial charge in [-0.25, -0.2) is 4.79 Å². The molecule has 0 saturated carbocycles. The second-order valence-electron chi connectivity index (χ2n) is 5.43. The van der Waals surface area contributed by atoms with Gasteiger partial charge in [-0.1, -0.05) is 39.3 Å². The van der Waals surface area contributed by atoms with Gasteiger partial charge < -0.3 is 20.4 Å². The van der Waals surface area contributed by atoms with Crippen molar-refractivity contribution in [3.05, 3.63) is 48.1 Å². The first-order valence-corrected chi connectivity index (χ1v) is 8.47. The molecule has 0 aliphatic rings. The lowest BCUT2D eigenvalue weighted by Crippen LogP contribution is -2.11. The van der Waals surface area contributed by atoms with Gasteiger partial charge in [-0.15, -0.1) is 6.58 Å². The molecule has 1 aromatic carbocycles. The van der Waals surface area contributed by atoms with E-state index in [0.29, 0.717) is 12.0 Å². The van der Waals surface area contributed by atoms with Crippen LogP contribution in [-0.2, 0) is 11.2 Å². The first-order chi connectivity index (χ1) is 11.9. The maximum absolute atomic E-state index is 12.1. The number of carbonyl (C=O) groups excluding carboxylic acids is 1. The summed E-state index contributed by atoms with van der Waals surface area (Å²) >= 11 is 0. The highest BCUT2D eigenvalue weighted by Crippen LogP contribution is 2.28. The molecule has 0 aliphatic carbocycles. The van der Waals surface area contributed by atoms with Gasteiger partial charge in [0.2, 0.25) is 0 Å². The van der Waals surface area contributed by atoms with Gasteiger partial charge in [-0.05, 0) is 30.5 Å². The fourth-order valence-electron chi connectivity index (χ4n) is 1.88. The smallest absolute Gasteiger partial charge is 0.342 e. The Morgan fingerprint density at radius 2 is 1.92 bits per heavy atom. The van der Waals surface area contributed by atoms with E-state index in [1.54, 1.807) is 12.2 Å². The number of esters is 1. The number of phenols is 2. The van der Waals surface area contributed by atoms with E-state index in [4.69, 9.17) is 10.1 Å². The Hall–Kier alpha value is -2.56. The highest BCUT2D eigenvalue weighted by atomic mass is 16.5. The minimum Gasteiger partial charge on any atom is -0.508 e. The number of aromatic hydroxyl groups is 2. The van der Waals surface area contributed by atoms with E-state index >= 15 is 0 Å². The molecule has 138 valence electrons. The molecule has 0 amide bonds. The average molecular weight is 347 g/mol. The van der Waals surface area contributed by atoms with Crippen molar-refractivity contribution < 1.29 is 19.7 Å². The van der Waals surface area contributed by atoms with Crippen molar-refractivity contribution in [2.24, 2.45) is 0 Å². The first-order valence-electron chi connectivity index (χ1n) is 8.47.